The number of nitrogens with two attached hydrogens (primary N) is 1. The second kappa shape index (κ2) is 7.98. The highest BCUT2D eigenvalue weighted by Crippen LogP contribution is 2.33. The number of benzene rings is 2. The standard InChI is InChI=1S/C24H25FN6/c1-30-22(26)20-21(18-7-9-19(25)10-8-18)27-24(28-23(20)29-30)31-13-11-17(12-14-31)15-16-5-3-2-4-6-16/h2-10,17H,11-15,26H2,1H3. The van der Waals surface area contributed by atoms with E-state index in [4.69, 9.17) is 15.7 Å². The Morgan fingerprint density at radius 1 is 1.00 bits per heavy atom. The number of anilines is 2. The first-order chi connectivity index (χ1) is 15.1. The highest BCUT2D eigenvalue weighted by molar-refractivity contribution is 5.98. The van der Waals surface area contributed by atoms with Crippen molar-refractivity contribution in [2.24, 2.45) is 13.0 Å². The van der Waals surface area contributed by atoms with E-state index in [9.17, 15) is 4.39 Å². The molecule has 2 N–H and O–H groups in total. The van der Waals surface area contributed by atoms with E-state index < -0.39 is 0 Å². The number of rotatable bonds is 4. The molecule has 1 saturated heterocycles. The molecule has 2 aromatic heterocycles. The van der Waals surface area contributed by atoms with Crippen molar-refractivity contribution in [3.05, 3.63) is 66.0 Å². The second-order valence-corrected chi connectivity index (χ2v) is 8.21. The van der Waals surface area contributed by atoms with Gasteiger partial charge < -0.3 is 10.6 Å². The van der Waals surface area contributed by atoms with Gasteiger partial charge in [-0.15, -0.1) is 0 Å². The molecule has 1 aliphatic heterocycles. The minimum absolute atomic E-state index is 0.283. The van der Waals surface area contributed by atoms with Crippen molar-refractivity contribution in [1.29, 1.82) is 0 Å². The van der Waals surface area contributed by atoms with Gasteiger partial charge in [0, 0.05) is 25.7 Å². The summed E-state index contributed by atoms with van der Waals surface area (Å²) in [6.45, 7) is 1.79. The molecule has 0 bridgehead atoms. The van der Waals surface area contributed by atoms with Crippen LogP contribution in [0.5, 0.6) is 0 Å². The molecule has 0 radical (unpaired) electrons. The molecule has 0 amide bonds. The third kappa shape index (κ3) is 3.83. The van der Waals surface area contributed by atoms with Gasteiger partial charge in [-0.25, -0.2) is 9.37 Å². The minimum Gasteiger partial charge on any atom is -0.383 e. The normalized spacial score (nSPS) is 15.0. The molecule has 0 atom stereocenters. The van der Waals surface area contributed by atoms with E-state index >= 15 is 0 Å². The van der Waals surface area contributed by atoms with Crippen molar-refractivity contribution in [2.45, 2.75) is 19.3 Å². The predicted molar refractivity (Wildman–Crippen MR) is 121 cm³/mol. The summed E-state index contributed by atoms with van der Waals surface area (Å²) in [5.41, 5.74) is 9.71. The zero-order chi connectivity index (χ0) is 21.4. The lowest BCUT2D eigenvalue weighted by Crippen LogP contribution is -2.35. The average Bonchev–Trinajstić information content (AvgIpc) is 3.08. The molecule has 0 aliphatic carbocycles. The molecular weight excluding hydrogens is 391 g/mol. The van der Waals surface area contributed by atoms with Crippen LogP contribution in [0.15, 0.2) is 54.6 Å². The molecule has 5 rings (SSSR count). The number of nitrogens with zero attached hydrogens (tertiary/aromatic N) is 5. The number of fused-ring (bicyclic) bond motifs is 1. The van der Waals surface area contributed by atoms with Crippen molar-refractivity contribution in [3.63, 3.8) is 0 Å². The topological polar surface area (TPSA) is 72.9 Å². The molecule has 6 nitrogen and oxygen atoms in total. The number of hydrogen-bond acceptors (Lipinski definition) is 5. The van der Waals surface area contributed by atoms with Crippen molar-refractivity contribution in [3.8, 4) is 11.3 Å². The predicted octanol–water partition coefficient (Wildman–Crippen LogP) is 4.21. The van der Waals surface area contributed by atoms with Gasteiger partial charge in [-0.05, 0) is 55.0 Å². The quantitative estimate of drug-likeness (QED) is 0.540. The number of aromatic nitrogens is 4. The number of hydrogen-bond donors (Lipinski definition) is 1. The van der Waals surface area contributed by atoms with E-state index in [1.807, 2.05) is 0 Å². The minimum atomic E-state index is -0.283. The Morgan fingerprint density at radius 2 is 1.71 bits per heavy atom. The highest BCUT2D eigenvalue weighted by atomic mass is 19.1. The molecule has 4 aromatic rings. The van der Waals surface area contributed by atoms with Crippen LogP contribution in [0.3, 0.4) is 0 Å². The summed E-state index contributed by atoms with van der Waals surface area (Å²) in [7, 11) is 1.79. The number of halogens is 1. The lowest BCUT2D eigenvalue weighted by molar-refractivity contribution is 0.401. The summed E-state index contributed by atoms with van der Waals surface area (Å²) >= 11 is 0. The first kappa shape index (κ1) is 19.5. The van der Waals surface area contributed by atoms with Crippen LogP contribution < -0.4 is 10.6 Å². The van der Waals surface area contributed by atoms with E-state index in [2.05, 4.69) is 40.3 Å². The van der Waals surface area contributed by atoms with Crippen molar-refractivity contribution < 1.29 is 4.39 Å². The first-order valence-corrected chi connectivity index (χ1v) is 10.6. The SMILES string of the molecule is Cn1nc2nc(N3CCC(Cc4ccccc4)CC3)nc(-c3ccc(F)cc3)c2c1N. The third-order valence-corrected chi connectivity index (χ3v) is 6.11. The molecule has 0 saturated carbocycles. The lowest BCUT2D eigenvalue weighted by Gasteiger charge is -2.32. The van der Waals surface area contributed by atoms with E-state index in [1.54, 1.807) is 23.9 Å². The van der Waals surface area contributed by atoms with Crippen LogP contribution in [0.4, 0.5) is 16.2 Å². The van der Waals surface area contributed by atoms with Gasteiger partial charge in [-0.1, -0.05) is 30.3 Å². The molecule has 1 aliphatic rings. The van der Waals surface area contributed by atoms with Crippen LogP contribution in [0.2, 0.25) is 0 Å². The van der Waals surface area contributed by atoms with Crippen molar-refractivity contribution in [1.82, 2.24) is 19.7 Å². The Bertz CT molecular complexity index is 1190. The largest absolute Gasteiger partial charge is 0.383 e. The lowest BCUT2D eigenvalue weighted by atomic mass is 9.90. The van der Waals surface area contributed by atoms with Gasteiger partial charge in [0.1, 0.15) is 11.6 Å². The van der Waals surface area contributed by atoms with Crippen LogP contribution in [0.25, 0.3) is 22.3 Å². The van der Waals surface area contributed by atoms with Crippen molar-refractivity contribution in [2.75, 3.05) is 23.7 Å². The van der Waals surface area contributed by atoms with E-state index in [0.717, 1.165) is 37.9 Å². The summed E-state index contributed by atoms with van der Waals surface area (Å²) < 4.78 is 15.1. The molecule has 1 fully saturated rings. The monoisotopic (exact) mass is 416 g/mol. The molecule has 158 valence electrons. The fourth-order valence-corrected chi connectivity index (χ4v) is 4.35. The fourth-order valence-electron chi connectivity index (χ4n) is 4.35. The van der Waals surface area contributed by atoms with Gasteiger partial charge in [0.05, 0.1) is 11.1 Å². The average molecular weight is 417 g/mol. The molecule has 3 heterocycles. The van der Waals surface area contributed by atoms with Gasteiger partial charge in [-0.2, -0.15) is 10.1 Å². The van der Waals surface area contributed by atoms with Crippen LogP contribution in [-0.2, 0) is 13.5 Å². The summed E-state index contributed by atoms with van der Waals surface area (Å²) in [5.74, 6) is 1.53. The zero-order valence-corrected chi connectivity index (χ0v) is 17.5. The van der Waals surface area contributed by atoms with Gasteiger partial charge in [0.25, 0.3) is 0 Å². The Kier molecular flexibility index (Phi) is 5.02. The molecule has 0 spiro atoms. The van der Waals surface area contributed by atoms with Crippen LogP contribution in [-0.4, -0.2) is 32.8 Å². The summed E-state index contributed by atoms with van der Waals surface area (Å²) in [6.07, 6.45) is 3.28. The highest BCUT2D eigenvalue weighted by Gasteiger charge is 2.24. The Balaban J connectivity index is 1.43. The van der Waals surface area contributed by atoms with Crippen LogP contribution in [0, 0.1) is 11.7 Å². The molecule has 0 unspecified atom stereocenters. The van der Waals surface area contributed by atoms with Crippen LogP contribution >= 0.6 is 0 Å². The maximum atomic E-state index is 13.5. The van der Waals surface area contributed by atoms with Gasteiger partial charge in [0.2, 0.25) is 5.95 Å². The first-order valence-electron chi connectivity index (χ1n) is 10.6. The molecule has 7 heteroatoms. The van der Waals surface area contributed by atoms with E-state index in [-0.39, 0.29) is 5.82 Å². The third-order valence-electron chi connectivity index (χ3n) is 6.11. The Labute approximate surface area is 180 Å². The van der Waals surface area contributed by atoms with E-state index in [0.29, 0.717) is 34.4 Å². The maximum absolute atomic E-state index is 13.5. The maximum Gasteiger partial charge on any atom is 0.228 e. The molecule has 2 aromatic carbocycles. The fraction of sp³-hybridized carbons (Fsp3) is 0.292. The van der Waals surface area contributed by atoms with Gasteiger partial charge in [0.15, 0.2) is 5.65 Å². The summed E-state index contributed by atoms with van der Waals surface area (Å²) in [5, 5.41) is 5.19. The van der Waals surface area contributed by atoms with Crippen molar-refractivity contribution >= 4 is 22.8 Å². The number of piperidine rings is 1. The van der Waals surface area contributed by atoms with Crippen LogP contribution in [0.1, 0.15) is 18.4 Å². The summed E-state index contributed by atoms with van der Waals surface area (Å²) in [6, 6.07) is 17.0. The smallest absolute Gasteiger partial charge is 0.228 e. The second-order valence-electron chi connectivity index (χ2n) is 8.21. The van der Waals surface area contributed by atoms with E-state index in [1.165, 1.54) is 17.7 Å². The number of aryl methyl sites for hydroxylation is 1. The number of nitrogen functional groups attached to an aromatic ring is 1. The summed E-state index contributed by atoms with van der Waals surface area (Å²) in [4.78, 5) is 11.8. The van der Waals surface area contributed by atoms with Gasteiger partial charge in [-0.3, -0.25) is 4.68 Å². The molecular formula is C24H25FN6. The zero-order valence-electron chi connectivity index (χ0n) is 17.5. The van der Waals surface area contributed by atoms with Gasteiger partial charge >= 0.3 is 0 Å². The Hall–Kier alpha value is -3.48. The molecule has 31 heavy (non-hydrogen) atoms. The Morgan fingerprint density at radius 3 is 2.42 bits per heavy atom.